The fourth-order valence-electron chi connectivity index (χ4n) is 6.44. The van der Waals surface area contributed by atoms with E-state index in [-0.39, 0.29) is 0 Å². The van der Waals surface area contributed by atoms with Crippen molar-refractivity contribution in [2.75, 3.05) is 0 Å². The summed E-state index contributed by atoms with van der Waals surface area (Å²) >= 11 is 1.86. The average molecular weight is 644 g/mol. The quantitative estimate of drug-likeness (QED) is 0.181. The molecule has 9 aromatic rings. The summed E-state index contributed by atoms with van der Waals surface area (Å²) < 4.78 is 2.66. The van der Waals surface area contributed by atoms with E-state index < -0.39 is 0 Å². The molecule has 0 radical (unpaired) electrons. The van der Waals surface area contributed by atoms with Gasteiger partial charge in [-0.05, 0) is 81.4 Å². The molecule has 4 heteroatoms. The molecule has 4 heterocycles. The van der Waals surface area contributed by atoms with Gasteiger partial charge in [0.15, 0.2) is 0 Å². The van der Waals surface area contributed by atoms with E-state index in [2.05, 4.69) is 145 Å². The number of pyridine rings is 3. The van der Waals surface area contributed by atoms with Crippen molar-refractivity contribution in [3.05, 3.63) is 176 Å². The van der Waals surface area contributed by atoms with Crippen molar-refractivity contribution in [1.82, 2.24) is 15.0 Å². The minimum absolute atomic E-state index is 0.816. The number of hydrogen-bond donors (Lipinski definition) is 0. The van der Waals surface area contributed by atoms with Crippen LogP contribution in [0, 0.1) is 0 Å². The van der Waals surface area contributed by atoms with Crippen LogP contribution in [0.5, 0.6) is 0 Å². The number of thiophene rings is 1. The molecule has 9 rings (SSSR count). The van der Waals surface area contributed by atoms with Gasteiger partial charge in [0, 0.05) is 38.1 Å². The van der Waals surface area contributed by atoms with Crippen LogP contribution in [0.4, 0.5) is 0 Å². The fourth-order valence-corrected chi connectivity index (χ4v) is 7.58. The molecule has 0 aliphatic rings. The first-order chi connectivity index (χ1) is 24.2. The summed E-state index contributed by atoms with van der Waals surface area (Å²) in [7, 11) is 0. The third kappa shape index (κ3) is 5.69. The Kier molecular flexibility index (Phi) is 7.34. The Labute approximate surface area is 288 Å². The van der Waals surface area contributed by atoms with Crippen LogP contribution >= 0.6 is 11.3 Å². The molecule has 4 aromatic heterocycles. The third-order valence-corrected chi connectivity index (χ3v) is 10.2. The van der Waals surface area contributed by atoms with Crippen LogP contribution in [0.3, 0.4) is 0 Å². The highest BCUT2D eigenvalue weighted by atomic mass is 32.1. The smallest absolute Gasteiger partial charge is 0.0900 e. The summed E-state index contributed by atoms with van der Waals surface area (Å²) in [4.78, 5) is 14.4. The van der Waals surface area contributed by atoms with Crippen LogP contribution in [-0.4, -0.2) is 15.0 Å². The van der Waals surface area contributed by atoms with Crippen LogP contribution in [0.1, 0.15) is 0 Å². The maximum atomic E-state index is 4.97. The van der Waals surface area contributed by atoms with Crippen molar-refractivity contribution >= 4 is 31.5 Å². The molecule has 0 amide bonds. The molecule has 0 atom stereocenters. The highest BCUT2D eigenvalue weighted by molar-refractivity contribution is 7.25. The molecule has 0 spiro atoms. The molecular formula is C45H29N3S. The van der Waals surface area contributed by atoms with E-state index in [1.165, 1.54) is 42.4 Å². The minimum Gasteiger partial charge on any atom is -0.255 e. The Bertz CT molecular complexity index is 2500. The van der Waals surface area contributed by atoms with E-state index in [1.54, 1.807) is 6.20 Å². The van der Waals surface area contributed by atoms with Crippen molar-refractivity contribution in [2.24, 2.45) is 0 Å². The van der Waals surface area contributed by atoms with Crippen molar-refractivity contribution in [2.45, 2.75) is 0 Å². The maximum Gasteiger partial charge on any atom is 0.0900 e. The van der Waals surface area contributed by atoms with E-state index in [0.717, 1.165) is 45.0 Å². The minimum atomic E-state index is 0.816. The molecular weight excluding hydrogens is 615 g/mol. The van der Waals surface area contributed by atoms with E-state index in [1.807, 2.05) is 41.8 Å². The van der Waals surface area contributed by atoms with Gasteiger partial charge in [0.1, 0.15) is 0 Å². The molecule has 49 heavy (non-hydrogen) atoms. The van der Waals surface area contributed by atoms with Gasteiger partial charge in [0.2, 0.25) is 0 Å². The molecule has 0 bridgehead atoms. The molecule has 0 aliphatic carbocycles. The summed E-state index contributed by atoms with van der Waals surface area (Å²) in [6.07, 6.45) is 3.73. The Morgan fingerprint density at radius 1 is 0.327 bits per heavy atom. The van der Waals surface area contributed by atoms with Crippen LogP contribution in [0.2, 0.25) is 0 Å². The van der Waals surface area contributed by atoms with E-state index in [0.29, 0.717) is 0 Å². The maximum absolute atomic E-state index is 4.97. The zero-order chi connectivity index (χ0) is 32.6. The number of nitrogens with zero attached hydrogens (tertiary/aromatic N) is 3. The molecule has 0 unspecified atom stereocenters. The summed E-state index contributed by atoms with van der Waals surface area (Å²) in [5, 5.41) is 2.66. The topological polar surface area (TPSA) is 38.7 Å². The summed E-state index contributed by atoms with van der Waals surface area (Å²) in [5.74, 6) is 0. The standard InChI is InChI=1S/C45H29N3S/c1-2-8-30(9-3-1)37-26-42(40-11-6-7-25-46-40)48-43(27-37)41-24-22-36(29-47-41)34-19-15-32(16-20-34)31-13-17-33(18-14-31)35-21-23-39-38-10-4-5-12-44(38)49-45(39)28-35/h1-29H. The average Bonchev–Trinajstić information content (AvgIpc) is 3.57. The van der Waals surface area contributed by atoms with Gasteiger partial charge in [0.25, 0.3) is 0 Å². The molecule has 3 nitrogen and oxygen atoms in total. The Balaban J connectivity index is 0.959. The zero-order valence-corrected chi connectivity index (χ0v) is 27.3. The van der Waals surface area contributed by atoms with Crippen LogP contribution in [-0.2, 0) is 0 Å². The number of rotatable bonds is 6. The number of aromatic nitrogens is 3. The molecule has 5 aromatic carbocycles. The summed E-state index contributed by atoms with van der Waals surface area (Å²) in [6, 6.07) is 57.7. The lowest BCUT2D eigenvalue weighted by molar-refractivity contribution is 1.22. The Hall–Kier alpha value is -6.23. The summed E-state index contributed by atoms with van der Waals surface area (Å²) in [6.45, 7) is 0. The number of hydrogen-bond acceptors (Lipinski definition) is 4. The fraction of sp³-hybridized carbons (Fsp3) is 0. The largest absolute Gasteiger partial charge is 0.255 e. The van der Waals surface area contributed by atoms with E-state index >= 15 is 0 Å². The highest BCUT2D eigenvalue weighted by Gasteiger charge is 2.12. The Morgan fingerprint density at radius 2 is 0.878 bits per heavy atom. The second-order valence-corrected chi connectivity index (χ2v) is 13.2. The van der Waals surface area contributed by atoms with E-state index in [4.69, 9.17) is 9.97 Å². The van der Waals surface area contributed by atoms with Gasteiger partial charge in [0.05, 0.1) is 22.8 Å². The highest BCUT2D eigenvalue weighted by Crippen LogP contribution is 2.37. The normalized spacial score (nSPS) is 11.3. The predicted molar refractivity (Wildman–Crippen MR) is 205 cm³/mol. The van der Waals surface area contributed by atoms with Crippen LogP contribution in [0.15, 0.2) is 176 Å². The summed E-state index contributed by atoms with van der Waals surface area (Å²) in [5.41, 5.74) is 12.5. The second kappa shape index (κ2) is 12.4. The third-order valence-electron chi connectivity index (χ3n) is 9.03. The Morgan fingerprint density at radius 3 is 1.55 bits per heavy atom. The van der Waals surface area contributed by atoms with Crippen molar-refractivity contribution < 1.29 is 0 Å². The van der Waals surface area contributed by atoms with Crippen molar-refractivity contribution in [1.29, 1.82) is 0 Å². The van der Waals surface area contributed by atoms with Crippen molar-refractivity contribution in [3.63, 3.8) is 0 Å². The van der Waals surface area contributed by atoms with Gasteiger partial charge in [-0.15, -0.1) is 11.3 Å². The van der Waals surface area contributed by atoms with Gasteiger partial charge in [-0.1, -0.05) is 121 Å². The van der Waals surface area contributed by atoms with Gasteiger partial charge >= 0.3 is 0 Å². The van der Waals surface area contributed by atoms with Crippen LogP contribution < -0.4 is 0 Å². The first-order valence-corrected chi connectivity index (χ1v) is 17.1. The van der Waals surface area contributed by atoms with Crippen LogP contribution in [0.25, 0.3) is 87.5 Å². The van der Waals surface area contributed by atoms with Gasteiger partial charge in [-0.25, -0.2) is 4.98 Å². The van der Waals surface area contributed by atoms with Gasteiger partial charge < -0.3 is 0 Å². The second-order valence-electron chi connectivity index (χ2n) is 12.1. The molecule has 0 N–H and O–H groups in total. The zero-order valence-electron chi connectivity index (χ0n) is 26.5. The predicted octanol–water partition coefficient (Wildman–Crippen LogP) is 12.2. The van der Waals surface area contributed by atoms with Crippen molar-refractivity contribution in [3.8, 4) is 67.3 Å². The molecule has 0 saturated carbocycles. The van der Waals surface area contributed by atoms with E-state index in [9.17, 15) is 0 Å². The molecule has 0 fully saturated rings. The first-order valence-electron chi connectivity index (χ1n) is 16.3. The number of fused-ring (bicyclic) bond motifs is 3. The lowest BCUT2D eigenvalue weighted by Crippen LogP contribution is -1.94. The molecule has 0 aliphatic heterocycles. The lowest BCUT2D eigenvalue weighted by Gasteiger charge is -2.10. The molecule has 230 valence electrons. The van der Waals surface area contributed by atoms with Gasteiger partial charge in [-0.3, -0.25) is 9.97 Å². The SMILES string of the molecule is c1ccc(-c2cc(-c3ccccn3)nc(-c3ccc(-c4ccc(-c5ccc(-c6ccc7c(c6)sc6ccccc67)cc5)cc4)cn3)c2)cc1. The van der Waals surface area contributed by atoms with Gasteiger partial charge in [-0.2, -0.15) is 0 Å². The first kappa shape index (κ1) is 29.0. The lowest BCUT2D eigenvalue weighted by atomic mass is 9.98. The monoisotopic (exact) mass is 643 g/mol. The number of benzene rings is 5. The molecule has 0 saturated heterocycles.